The zero-order chi connectivity index (χ0) is 16.2. The lowest BCUT2D eigenvalue weighted by Crippen LogP contribution is -2.72. The summed E-state index contributed by atoms with van der Waals surface area (Å²) in [7, 11) is 0. The fraction of sp³-hybridized carbons (Fsp3) is 0.667. The van der Waals surface area contributed by atoms with Gasteiger partial charge in [0.2, 0.25) is 0 Å². The van der Waals surface area contributed by atoms with Crippen LogP contribution in [0.5, 0.6) is 11.5 Å². The van der Waals surface area contributed by atoms with Crippen molar-refractivity contribution in [3.8, 4) is 11.5 Å². The molecule has 1 radical (unpaired) electrons. The maximum atomic E-state index is 13.1. The van der Waals surface area contributed by atoms with Gasteiger partial charge in [-0.15, -0.1) is 10.3 Å². The predicted molar refractivity (Wildman–Crippen MR) is 84.1 cm³/mol. The van der Waals surface area contributed by atoms with Crippen molar-refractivity contribution in [2.45, 2.75) is 70.7 Å². The van der Waals surface area contributed by atoms with E-state index in [0.717, 1.165) is 24.3 Å². The summed E-state index contributed by atoms with van der Waals surface area (Å²) in [5.74, 6) is 0.783. The van der Waals surface area contributed by atoms with Gasteiger partial charge in [-0.1, -0.05) is 32.9 Å². The Labute approximate surface area is 133 Å². The smallest absolute Gasteiger partial charge is 0.257 e. The van der Waals surface area contributed by atoms with Crippen LogP contribution >= 0.6 is 0 Å². The molecular weight excluding hydrogens is 278 g/mol. The highest BCUT2D eigenvalue weighted by Gasteiger charge is 2.64. The standard InChI is InChI=1S/C18H26NO3/c1-6-16(4)12-18(13(3)17(5,7-2)19(16)20)21-14-10-8-9-11-15(14)22-18/h8-11,13H,6-7,12H2,1-5H3. The van der Waals surface area contributed by atoms with Crippen molar-refractivity contribution >= 4 is 0 Å². The van der Waals surface area contributed by atoms with Crippen molar-refractivity contribution in [2.24, 2.45) is 5.92 Å². The first kappa shape index (κ1) is 15.6. The first-order valence-electron chi connectivity index (χ1n) is 8.26. The van der Waals surface area contributed by atoms with Gasteiger partial charge < -0.3 is 9.47 Å². The van der Waals surface area contributed by atoms with Gasteiger partial charge in [0.1, 0.15) is 0 Å². The fourth-order valence-electron chi connectivity index (χ4n) is 4.00. The van der Waals surface area contributed by atoms with Gasteiger partial charge in [0, 0.05) is 6.42 Å². The van der Waals surface area contributed by atoms with Gasteiger partial charge in [0.25, 0.3) is 5.79 Å². The molecule has 2 aliphatic rings. The molecule has 121 valence electrons. The second-order valence-electron chi connectivity index (χ2n) is 7.22. The Bertz CT molecular complexity index is 550. The maximum absolute atomic E-state index is 13.1. The van der Waals surface area contributed by atoms with Gasteiger partial charge in [0.15, 0.2) is 11.5 Å². The van der Waals surface area contributed by atoms with Crippen LogP contribution in [0.3, 0.4) is 0 Å². The lowest BCUT2D eigenvalue weighted by molar-refractivity contribution is -0.357. The molecule has 0 saturated carbocycles. The van der Waals surface area contributed by atoms with Crippen molar-refractivity contribution in [1.29, 1.82) is 0 Å². The number of hydrogen-bond donors (Lipinski definition) is 0. The highest BCUT2D eigenvalue weighted by Crippen LogP contribution is 2.55. The Hall–Kier alpha value is -1.26. The molecule has 3 rings (SSSR count). The van der Waals surface area contributed by atoms with Gasteiger partial charge in [-0.05, 0) is 38.8 Å². The van der Waals surface area contributed by atoms with Gasteiger partial charge in [0.05, 0.1) is 17.0 Å². The highest BCUT2D eigenvalue weighted by molar-refractivity contribution is 5.43. The molecule has 1 spiro atoms. The van der Waals surface area contributed by atoms with Crippen LogP contribution in [0.25, 0.3) is 0 Å². The van der Waals surface area contributed by atoms with Crippen LogP contribution in [0.2, 0.25) is 0 Å². The zero-order valence-corrected chi connectivity index (χ0v) is 14.2. The Kier molecular flexibility index (Phi) is 3.46. The molecule has 4 nitrogen and oxygen atoms in total. The van der Waals surface area contributed by atoms with Crippen LogP contribution in [0.1, 0.15) is 53.9 Å². The van der Waals surface area contributed by atoms with Crippen LogP contribution in [-0.2, 0) is 5.21 Å². The zero-order valence-electron chi connectivity index (χ0n) is 14.2. The molecule has 0 aliphatic carbocycles. The molecule has 1 aromatic rings. The summed E-state index contributed by atoms with van der Waals surface area (Å²) in [5.41, 5.74) is -0.996. The lowest BCUT2D eigenvalue weighted by atomic mass is 9.67. The van der Waals surface area contributed by atoms with E-state index >= 15 is 0 Å². The first-order valence-corrected chi connectivity index (χ1v) is 8.26. The molecule has 1 aromatic carbocycles. The van der Waals surface area contributed by atoms with Gasteiger partial charge in [-0.2, -0.15) is 0 Å². The molecule has 0 N–H and O–H groups in total. The van der Waals surface area contributed by atoms with Crippen LogP contribution in [-0.4, -0.2) is 21.9 Å². The minimum atomic E-state index is -0.750. The maximum Gasteiger partial charge on any atom is 0.257 e. The van der Waals surface area contributed by atoms with Crippen molar-refractivity contribution < 1.29 is 14.7 Å². The molecule has 1 fully saturated rings. The molecule has 0 bridgehead atoms. The third-order valence-electron chi connectivity index (χ3n) is 6.07. The minimum absolute atomic E-state index is 0.0328. The van der Waals surface area contributed by atoms with E-state index in [9.17, 15) is 5.21 Å². The number of hydrogen-bond acceptors (Lipinski definition) is 3. The molecular formula is C18H26NO3. The van der Waals surface area contributed by atoms with E-state index < -0.39 is 16.9 Å². The number of rotatable bonds is 2. The minimum Gasteiger partial charge on any atom is -0.448 e. The predicted octanol–water partition coefficient (Wildman–Crippen LogP) is 4.18. The monoisotopic (exact) mass is 304 g/mol. The molecule has 4 heteroatoms. The quantitative estimate of drug-likeness (QED) is 0.823. The third kappa shape index (κ3) is 1.90. The van der Waals surface area contributed by atoms with Crippen LogP contribution in [0, 0.1) is 5.92 Å². The lowest BCUT2D eigenvalue weighted by Gasteiger charge is -2.58. The van der Waals surface area contributed by atoms with E-state index in [1.165, 1.54) is 5.06 Å². The Morgan fingerprint density at radius 2 is 1.68 bits per heavy atom. The van der Waals surface area contributed by atoms with Crippen LogP contribution in [0.15, 0.2) is 24.3 Å². The topological polar surface area (TPSA) is 41.6 Å². The van der Waals surface area contributed by atoms with Crippen molar-refractivity contribution in [3.05, 3.63) is 24.3 Å². The summed E-state index contributed by atoms with van der Waals surface area (Å²) in [4.78, 5) is 0. The van der Waals surface area contributed by atoms with Crippen LogP contribution in [0.4, 0.5) is 0 Å². The molecule has 0 aromatic heterocycles. The van der Waals surface area contributed by atoms with E-state index in [4.69, 9.17) is 9.47 Å². The molecule has 3 unspecified atom stereocenters. The number of nitrogens with zero attached hydrogens (tertiary/aromatic N) is 1. The number of fused-ring (bicyclic) bond motifs is 1. The summed E-state index contributed by atoms with van der Waals surface area (Å²) in [6.07, 6.45) is 2.10. The Morgan fingerprint density at radius 3 is 2.14 bits per heavy atom. The largest absolute Gasteiger partial charge is 0.448 e. The van der Waals surface area contributed by atoms with E-state index in [2.05, 4.69) is 20.8 Å². The summed E-state index contributed by atoms with van der Waals surface area (Å²) in [6, 6.07) is 7.78. The van der Waals surface area contributed by atoms with Crippen molar-refractivity contribution in [1.82, 2.24) is 5.06 Å². The van der Waals surface area contributed by atoms with Crippen molar-refractivity contribution in [3.63, 3.8) is 0 Å². The Morgan fingerprint density at radius 1 is 1.14 bits per heavy atom. The van der Waals surface area contributed by atoms with Gasteiger partial charge >= 0.3 is 0 Å². The van der Waals surface area contributed by atoms with E-state index in [1.54, 1.807) is 0 Å². The molecule has 3 atom stereocenters. The molecule has 2 aliphatic heterocycles. The number of para-hydroxylation sites is 2. The van der Waals surface area contributed by atoms with E-state index in [0.29, 0.717) is 6.42 Å². The molecule has 1 saturated heterocycles. The van der Waals surface area contributed by atoms with Gasteiger partial charge in [-0.25, -0.2) is 0 Å². The second kappa shape index (κ2) is 4.87. The first-order chi connectivity index (χ1) is 10.3. The average molecular weight is 304 g/mol. The molecule has 22 heavy (non-hydrogen) atoms. The SMILES string of the molecule is CCC1(C)CC2(Oc3ccccc3O2)C(C)C(C)(CC)N1[O]. The fourth-order valence-corrected chi connectivity index (χ4v) is 4.00. The highest BCUT2D eigenvalue weighted by atomic mass is 16.7. The van der Waals surface area contributed by atoms with Gasteiger partial charge in [-0.3, -0.25) is 0 Å². The number of benzene rings is 1. The molecule has 2 heterocycles. The average Bonchev–Trinajstić information content (AvgIpc) is 2.90. The number of ether oxygens (including phenoxy) is 2. The summed E-state index contributed by atoms with van der Waals surface area (Å²) < 4.78 is 12.6. The van der Waals surface area contributed by atoms with E-state index in [1.807, 2.05) is 38.1 Å². The van der Waals surface area contributed by atoms with Crippen molar-refractivity contribution in [2.75, 3.05) is 0 Å². The third-order valence-corrected chi connectivity index (χ3v) is 6.07. The summed E-state index contributed by atoms with van der Waals surface area (Å²) >= 11 is 0. The summed E-state index contributed by atoms with van der Waals surface area (Å²) in [5, 5.41) is 14.4. The Balaban J connectivity index is 2.06. The van der Waals surface area contributed by atoms with E-state index in [-0.39, 0.29) is 5.92 Å². The normalized spacial score (nSPS) is 36.7. The second-order valence-corrected chi connectivity index (χ2v) is 7.22. The molecule has 0 amide bonds. The van der Waals surface area contributed by atoms with Crippen LogP contribution < -0.4 is 9.47 Å². The number of piperidine rings is 1. The summed E-state index contributed by atoms with van der Waals surface area (Å²) in [6.45, 7) is 10.3. The number of hydroxylamine groups is 2.